The first-order valence-electron chi connectivity index (χ1n) is 9.18. The van der Waals surface area contributed by atoms with Crippen molar-refractivity contribution in [3.8, 4) is 0 Å². The summed E-state index contributed by atoms with van der Waals surface area (Å²) in [4.78, 5) is 14.2. The Morgan fingerprint density at radius 3 is 2.36 bits per heavy atom. The lowest BCUT2D eigenvalue weighted by molar-refractivity contribution is -0.122. The van der Waals surface area contributed by atoms with Gasteiger partial charge in [0.2, 0.25) is 0 Å². The number of fused-ring (bicyclic) bond motifs is 1. The Morgan fingerprint density at radius 1 is 1.11 bits per heavy atom. The second-order valence-corrected chi connectivity index (χ2v) is 8.89. The summed E-state index contributed by atoms with van der Waals surface area (Å²) in [6, 6.07) is 7.33. The Labute approximate surface area is 166 Å². The van der Waals surface area contributed by atoms with E-state index in [2.05, 4.69) is 4.72 Å². The van der Waals surface area contributed by atoms with Crippen molar-refractivity contribution in [3.63, 3.8) is 0 Å². The fraction of sp³-hybridized carbons (Fsp3) is 0.381. The molecule has 1 heterocycles. The summed E-state index contributed by atoms with van der Waals surface area (Å²) in [6.45, 7) is 8.04. The zero-order chi connectivity index (χ0) is 20.6. The van der Waals surface area contributed by atoms with Gasteiger partial charge in [-0.2, -0.15) is 0 Å². The standard InChI is InChI=1S/C21H26N2O4S/c1-13-10-14(2)16(4)21(15(13)3)28(25,26)22-18-7-6-17-8-9-23(19(17)11-18)20(24)12-27-5/h6-7,10-11,22H,8-9,12H2,1-5H3. The summed E-state index contributed by atoms with van der Waals surface area (Å²) in [6.07, 6.45) is 0.743. The predicted molar refractivity (Wildman–Crippen MR) is 111 cm³/mol. The number of benzene rings is 2. The zero-order valence-corrected chi connectivity index (χ0v) is 17.7. The Kier molecular flexibility index (Phi) is 5.50. The van der Waals surface area contributed by atoms with E-state index in [0.717, 1.165) is 39.9 Å². The molecule has 7 heteroatoms. The lowest BCUT2D eigenvalue weighted by atomic mass is 10.0. The minimum absolute atomic E-state index is 0.00362. The summed E-state index contributed by atoms with van der Waals surface area (Å²) >= 11 is 0. The third-order valence-electron chi connectivity index (χ3n) is 5.37. The Bertz CT molecular complexity index is 1020. The summed E-state index contributed by atoms with van der Waals surface area (Å²) < 4.78 is 33.9. The number of nitrogens with zero attached hydrogens (tertiary/aromatic N) is 1. The van der Waals surface area contributed by atoms with Gasteiger partial charge in [0.1, 0.15) is 6.61 Å². The average Bonchev–Trinajstić information content (AvgIpc) is 3.03. The number of hydrogen-bond donors (Lipinski definition) is 1. The van der Waals surface area contributed by atoms with Gasteiger partial charge in [-0.3, -0.25) is 9.52 Å². The van der Waals surface area contributed by atoms with Crippen LogP contribution in [0.25, 0.3) is 0 Å². The molecule has 0 radical (unpaired) electrons. The van der Waals surface area contributed by atoms with E-state index >= 15 is 0 Å². The monoisotopic (exact) mass is 402 g/mol. The van der Waals surface area contributed by atoms with E-state index < -0.39 is 10.0 Å². The summed E-state index contributed by atoms with van der Waals surface area (Å²) in [5.74, 6) is -0.137. The van der Waals surface area contributed by atoms with Crippen LogP contribution in [-0.2, 0) is 26.0 Å². The highest BCUT2D eigenvalue weighted by molar-refractivity contribution is 7.92. The predicted octanol–water partition coefficient (Wildman–Crippen LogP) is 3.26. The number of nitrogens with one attached hydrogen (secondary N) is 1. The molecule has 0 aromatic heterocycles. The fourth-order valence-corrected chi connectivity index (χ4v) is 5.36. The van der Waals surface area contributed by atoms with Gasteiger partial charge in [0, 0.05) is 19.3 Å². The van der Waals surface area contributed by atoms with Crippen LogP contribution in [0.1, 0.15) is 27.8 Å². The van der Waals surface area contributed by atoms with Gasteiger partial charge in [0.05, 0.1) is 10.6 Å². The Hall–Kier alpha value is -2.38. The van der Waals surface area contributed by atoms with E-state index in [1.807, 2.05) is 39.8 Å². The molecule has 1 aliphatic rings. The highest BCUT2D eigenvalue weighted by Gasteiger charge is 2.26. The van der Waals surface area contributed by atoms with Crippen molar-refractivity contribution in [2.45, 2.75) is 39.0 Å². The minimum Gasteiger partial charge on any atom is -0.375 e. The molecule has 3 rings (SSSR count). The van der Waals surface area contributed by atoms with Crippen LogP contribution in [0.4, 0.5) is 11.4 Å². The lowest BCUT2D eigenvalue weighted by Crippen LogP contribution is -2.32. The van der Waals surface area contributed by atoms with Crippen molar-refractivity contribution in [2.75, 3.05) is 29.9 Å². The Balaban J connectivity index is 1.98. The van der Waals surface area contributed by atoms with Crippen molar-refractivity contribution < 1.29 is 17.9 Å². The molecule has 2 aromatic rings. The van der Waals surface area contributed by atoms with Gasteiger partial charge < -0.3 is 9.64 Å². The van der Waals surface area contributed by atoms with Crippen LogP contribution in [0, 0.1) is 27.7 Å². The maximum Gasteiger partial charge on any atom is 0.262 e. The highest BCUT2D eigenvalue weighted by Crippen LogP contribution is 2.33. The molecule has 28 heavy (non-hydrogen) atoms. The molecular formula is C21H26N2O4S. The van der Waals surface area contributed by atoms with Gasteiger partial charge in [-0.1, -0.05) is 12.1 Å². The molecule has 0 atom stereocenters. The van der Waals surface area contributed by atoms with Gasteiger partial charge in [-0.05, 0) is 74.1 Å². The first kappa shape index (κ1) is 20.4. The summed E-state index contributed by atoms with van der Waals surface area (Å²) in [7, 11) is -2.28. The SMILES string of the molecule is COCC(=O)N1CCc2ccc(NS(=O)(=O)c3c(C)c(C)cc(C)c3C)cc21. The normalized spacial score (nSPS) is 13.5. The summed E-state index contributed by atoms with van der Waals surface area (Å²) in [5.41, 5.74) is 5.56. The van der Waals surface area contributed by atoms with Crippen LogP contribution in [0.2, 0.25) is 0 Å². The van der Waals surface area contributed by atoms with E-state index in [1.165, 1.54) is 7.11 Å². The first-order chi connectivity index (χ1) is 13.2. The topological polar surface area (TPSA) is 75.7 Å². The van der Waals surface area contributed by atoms with Crippen molar-refractivity contribution >= 4 is 27.3 Å². The molecule has 2 aromatic carbocycles. The van der Waals surface area contributed by atoms with Crippen molar-refractivity contribution in [1.29, 1.82) is 0 Å². The average molecular weight is 403 g/mol. The van der Waals surface area contributed by atoms with Crippen LogP contribution in [-0.4, -0.2) is 34.6 Å². The third-order valence-corrected chi connectivity index (χ3v) is 7.02. The molecule has 6 nitrogen and oxygen atoms in total. The Morgan fingerprint density at radius 2 is 1.75 bits per heavy atom. The molecule has 1 N–H and O–H groups in total. The maximum absolute atomic E-state index is 13.2. The molecule has 0 unspecified atom stereocenters. The number of sulfonamides is 1. The maximum atomic E-state index is 13.2. The van der Waals surface area contributed by atoms with Gasteiger partial charge in [-0.15, -0.1) is 0 Å². The zero-order valence-electron chi connectivity index (χ0n) is 16.9. The van der Waals surface area contributed by atoms with E-state index in [4.69, 9.17) is 4.74 Å². The van der Waals surface area contributed by atoms with E-state index in [-0.39, 0.29) is 12.5 Å². The van der Waals surface area contributed by atoms with Gasteiger partial charge in [-0.25, -0.2) is 8.42 Å². The fourth-order valence-electron chi connectivity index (χ4n) is 3.69. The summed E-state index contributed by atoms with van der Waals surface area (Å²) in [5, 5.41) is 0. The molecule has 150 valence electrons. The molecule has 0 bridgehead atoms. The van der Waals surface area contributed by atoms with E-state index in [9.17, 15) is 13.2 Å². The highest BCUT2D eigenvalue weighted by atomic mass is 32.2. The molecule has 0 aliphatic carbocycles. The van der Waals surface area contributed by atoms with E-state index in [0.29, 0.717) is 17.1 Å². The number of ether oxygens (including phenoxy) is 1. The van der Waals surface area contributed by atoms with Crippen LogP contribution in [0.15, 0.2) is 29.2 Å². The number of anilines is 2. The molecule has 0 saturated heterocycles. The molecule has 1 amide bonds. The van der Waals surface area contributed by atoms with Gasteiger partial charge >= 0.3 is 0 Å². The number of methoxy groups -OCH3 is 1. The van der Waals surface area contributed by atoms with Crippen LogP contribution in [0.5, 0.6) is 0 Å². The third kappa shape index (κ3) is 3.64. The second kappa shape index (κ2) is 7.56. The lowest BCUT2D eigenvalue weighted by Gasteiger charge is -2.19. The largest absolute Gasteiger partial charge is 0.375 e. The number of rotatable bonds is 5. The molecule has 0 saturated carbocycles. The molecule has 1 aliphatic heterocycles. The number of amides is 1. The first-order valence-corrected chi connectivity index (χ1v) is 10.7. The minimum atomic E-state index is -3.76. The number of carbonyl (C=O) groups excluding carboxylic acids is 1. The van der Waals surface area contributed by atoms with Gasteiger partial charge in [0.25, 0.3) is 15.9 Å². The second-order valence-electron chi connectivity index (χ2n) is 7.27. The molecule has 0 spiro atoms. The molecular weight excluding hydrogens is 376 g/mol. The number of hydrogen-bond acceptors (Lipinski definition) is 4. The van der Waals surface area contributed by atoms with Crippen molar-refractivity contribution in [2.24, 2.45) is 0 Å². The van der Waals surface area contributed by atoms with Crippen LogP contribution in [0.3, 0.4) is 0 Å². The van der Waals surface area contributed by atoms with Crippen molar-refractivity contribution in [1.82, 2.24) is 0 Å². The van der Waals surface area contributed by atoms with Crippen LogP contribution < -0.4 is 9.62 Å². The van der Waals surface area contributed by atoms with E-state index in [1.54, 1.807) is 17.0 Å². The molecule has 0 fully saturated rings. The smallest absolute Gasteiger partial charge is 0.262 e. The number of carbonyl (C=O) groups is 1. The van der Waals surface area contributed by atoms with Crippen molar-refractivity contribution in [3.05, 3.63) is 52.1 Å². The van der Waals surface area contributed by atoms with Crippen LogP contribution >= 0.6 is 0 Å². The number of aryl methyl sites for hydroxylation is 2. The van der Waals surface area contributed by atoms with Gasteiger partial charge in [0.15, 0.2) is 0 Å². The quantitative estimate of drug-likeness (QED) is 0.833.